The van der Waals surface area contributed by atoms with Crippen LogP contribution in [0.1, 0.15) is 15.9 Å². The summed E-state index contributed by atoms with van der Waals surface area (Å²) in [4.78, 5) is 19.4. The van der Waals surface area contributed by atoms with E-state index in [-0.39, 0.29) is 28.2 Å². The van der Waals surface area contributed by atoms with Crippen LogP contribution >= 0.6 is 27.5 Å². The minimum absolute atomic E-state index is 0.0522. The van der Waals surface area contributed by atoms with E-state index in [1.807, 2.05) is 0 Å². The maximum absolute atomic E-state index is 13.9. The van der Waals surface area contributed by atoms with Gasteiger partial charge >= 0.3 is 0 Å². The normalized spacial score (nSPS) is 10.8. The quantitative estimate of drug-likeness (QED) is 0.300. The van der Waals surface area contributed by atoms with E-state index in [0.717, 1.165) is 6.20 Å². The van der Waals surface area contributed by atoms with E-state index in [4.69, 9.17) is 21.1 Å². The van der Waals surface area contributed by atoms with E-state index in [0.29, 0.717) is 15.8 Å². The average molecular weight is 496 g/mol. The van der Waals surface area contributed by atoms with E-state index in [9.17, 15) is 14.3 Å². The smallest absolute Gasteiger partial charge is 0.275 e. The van der Waals surface area contributed by atoms with Gasteiger partial charge in [-0.15, -0.1) is 0 Å². The highest BCUT2D eigenvalue weighted by Gasteiger charge is 2.13. The van der Waals surface area contributed by atoms with Crippen molar-refractivity contribution in [2.45, 2.75) is 0 Å². The highest BCUT2D eigenvalue weighted by atomic mass is 79.9. The molecule has 0 spiro atoms. The second-order valence-corrected chi connectivity index (χ2v) is 6.92. The molecule has 1 amide bonds. The van der Waals surface area contributed by atoms with Crippen LogP contribution in [-0.2, 0) is 0 Å². The minimum Gasteiger partial charge on any atom is -0.507 e. The van der Waals surface area contributed by atoms with Crippen molar-refractivity contribution in [2.24, 2.45) is 5.10 Å². The van der Waals surface area contributed by atoms with Crippen molar-refractivity contribution in [3.8, 4) is 23.1 Å². The number of hydrazone groups is 1. The van der Waals surface area contributed by atoms with E-state index >= 15 is 0 Å². The number of phenolic OH excluding ortho intramolecular Hbond substituents is 1. The van der Waals surface area contributed by atoms with Crippen LogP contribution < -0.4 is 14.9 Å². The molecule has 0 atom stereocenters. The number of nitrogens with zero attached hydrogens (tertiary/aromatic N) is 3. The fraction of sp³-hybridized carbons (Fsp3) is 0.0526. The second-order valence-electron chi connectivity index (χ2n) is 5.67. The lowest BCUT2D eigenvalue weighted by Crippen LogP contribution is -2.17. The first-order valence-electron chi connectivity index (χ1n) is 8.23. The number of carbonyl (C=O) groups excluding carboxylic acids is 1. The van der Waals surface area contributed by atoms with Crippen molar-refractivity contribution in [3.63, 3.8) is 0 Å². The predicted octanol–water partition coefficient (Wildman–Crippen LogP) is 4.30. The molecule has 1 heterocycles. The van der Waals surface area contributed by atoms with Gasteiger partial charge in [0.25, 0.3) is 11.8 Å². The molecule has 2 aromatic carbocycles. The number of rotatable bonds is 6. The largest absolute Gasteiger partial charge is 0.507 e. The first-order valence-corrected chi connectivity index (χ1v) is 9.40. The van der Waals surface area contributed by atoms with Crippen LogP contribution in [0.25, 0.3) is 0 Å². The number of nitrogens with one attached hydrogen (secondary N) is 1. The molecule has 8 nitrogen and oxygen atoms in total. The fourth-order valence-corrected chi connectivity index (χ4v) is 2.76. The molecule has 0 aliphatic heterocycles. The zero-order valence-corrected chi connectivity index (χ0v) is 17.6. The molecule has 154 valence electrons. The summed E-state index contributed by atoms with van der Waals surface area (Å²) < 4.78 is 25.1. The Morgan fingerprint density at radius 1 is 1.30 bits per heavy atom. The number of phenols is 1. The highest BCUT2D eigenvalue weighted by Crippen LogP contribution is 2.32. The lowest BCUT2D eigenvalue weighted by molar-refractivity contribution is 0.0952. The molecule has 0 saturated carbocycles. The van der Waals surface area contributed by atoms with Crippen LogP contribution in [-0.4, -0.2) is 34.3 Å². The third-order valence-corrected chi connectivity index (χ3v) is 4.34. The number of hydrogen-bond acceptors (Lipinski definition) is 7. The monoisotopic (exact) mass is 494 g/mol. The Labute approximate surface area is 183 Å². The van der Waals surface area contributed by atoms with Crippen molar-refractivity contribution in [1.82, 2.24) is 15.4 Å². The molecule has 0 aliphatic rings. The summed E-state index contributed by atoms with van der Waals surface area (Å²) in [5.74, 6) is -1.51. The molecule has 0 fully saturated rings. The molecule has 0 bridgehead atoms. The number of hydrogen-bond donors (Lipinski definition) is 2. The SMILES string of the molecule is COc1ccc(/C=N/NC(=O)c2cc(Br)ccc2O)cc1Oc1nc(Cl)ncc1F. The summed E-state index contributed by atoms with van der Waals surface area (Å²) in [5.41, 5.74) is 2.87. The number of aromatic nitrogens is 2. The summed E-state index contributed by atoms with van der Waals surface area (Å²) in [6.07, 6.45) is 2.22. The Balaban J connectivity index is 1.78. The van der Waals surface area contributed by atoms with Crippen LogP contribution in [0.3, 0.4) is 0 Å². The number of aromatic hydroxyl groups is 1. The summed E-state index contributed by atoms with van der Waals surface area (Å²) in [5, 5.41) is 13.5. The second kappa shape index (κ2) is 9.51. The van der Waals surface area contributed by atoms with Gasteiger partial charge in [0, 0.05) is 4.47 Å². The highest BCUT2D eigenvalue weighted by molar-refractivity contribution is 9.10. The number of carbonyl (C=O) groups is 1. The Hall–Kier alpha value is -3.24. The standard InChI is InChI=1S/C19H13BrClFN4O4/c1-29-15-5-2-10(6-16(15)30-18-13(22)9-23-19(21)25-18)8-24-26-17(28)12-7-11(20)3-4-14(12)27/h2-9,27H,1H3,(H,26,28)/b24-8+. The van der Waals surface area contributed by atoms with E-state index in [1.54, 1.807) is 18.2 Å². The van der Waals surface area contributed by atoms with Crippen molar-refractivity contribution < 1.29 is 23.8 Å². The van der Waals surface area contributed by atoms with Crippen molar-refractivity contribution in [1.29, 1.82) is 0 Å². The minimum atomic E-state index is -0.804. The first kappa shape index (κ1) is 21.5. The van der Waals surface area contributed by atoms with Gasteiger partial charge in [0.2, 0.25) is 11.1 Å². The van der Waals surface area contributed by atoms with Crippen molar-refractivity contribution in [3.05, 3.63) is 69.3 Å². The Morgan fingerprint density at radius 3 is 2.87 bits per heavy atom. The maximum atomic E-state index is 13.9. The van der Waals surface area contributed by atoms with Crippen LogP contribution in [0.4, 0.5) is 4.39 Å². The molecule has 11 heteroatoms. The Kier molecular flexibility index (Phi) is 6.80. The van der Waals surface area contributed by atoms with Gasteiger partial charge in [-0.2, -0.15) is 14.5 Å². The Morgan fingerprint density at radius 2 is 2.10 bits per heavy atom. The number of halogens is 3. The molecule has 0 radical (unpaired) electrons. The molecule has 1 aromatic heterocycles. The van der Waals surface area contributed by atoms with Crippen molar-refractivity contribution in [2.75, 3.05) is 7.11 Å². The third-order valence-electron chi connectivity index (χ3n) is 3.66. The van der Waals surface area contributed by atoms with Gasteiger partial charge in [-0.3, -0.25) is 4.79 Å². The average Bonchev–Trinajstić information content (AvgIpc) is 2.72. The predicted molar refractivity (Wildman–Crippen MR) is 111 cm³/mol. The van der Waals surface area contributed by atoms with Gasteiger partial charge in [0.15, 0.2) is 11.5 Å². The zero-order chi connectivity index (χ0) is 21.7. The molecule has 30 heavy (non-hydrogen) atoms. The maximum Gasteiger partial charge on any atom is 0.275 e. The van der Waals surface area contributed by atoms with Crippen molar-refractivity contribution >= 4 is 39.7 Å². The molecule has 3 rings (SSSR count). The van der Waals surface area contributed by atoms with Crippen LogP contribution in [0.5, 0.6) is 23.1 Å². The van der Waals surface area contributed by atoms with Gasteiger partial charge in [-0.1, -0.05) is 15.9 Å². The fourth-order valence-electron chi connectivity index (χ4n) is 2.28. The van der Waals surface area contributed by atoms with Gasteiger partial charge in [-0.25, -0.2) is 10.4 Å². The molecule has 0 unspecified atom stereocenters. The van der Waals surface area contributed by atoms with E-state index < -0.39 is 11.7 Å². The van der Waals surface area contributed by atoms with Crippen LogP contribution in [0.15, 0.2) is 52.2 Å². The van der Waals surface area contributed by atoms with Gasteiger partial charge in [-0.05, 0) is 53.6 Å². The summed E-state index contributed by atoms with van der Waals surface area (Å²) >= 11 is 8.90. The van der Waals surface area contributed by atoms with Crippen LogP contribution in [0, 0.1) is 5.82 Å². The lowest BCUT2D eigenvalue weighted by atomic mass is 10.2. The van der Waals surface area contributed by atoms with E-state index in [2.05, 4.69) is 36.4 Å². The molecular weight excluding hydrogens is 483 g/mol. The lowest BCUT2D eigenvalue weighted by Gasteiger charge is -2.10. The summed E-state index contributed by atoms with van der Waals surface area (Å²) in [7, 11) is 1.42. The molecule has 3 aromatic rings. The summed E-state index contributed by atoms with van der Waals surface area (Å²) in [6, 6.07) is 9.15. The van der Waals surface area contributed by atoms with Crippen LogP contribution in [0.2, 0.25) is 5.28 Å². The van der Waals surface area contributed by atoms with Gasteiger partial charge < -0.3 is 14.6 Å². The molecule has 0 aliphatic carbocycles. The van der Waals surface area contributed by atoms with E-state index in [1.165, 1.54) is 31.5 Å². The molecule has 0 saturated heterocycles. The summed E-state index contributed by atoms with van der Waals surface area (Å²) in [6.45, 7) is 0. The molecular formula is C19H13BrClFN4O4. The first-order chi connectivity index (χ1) is 14.4. The topological polar surface area (TPSA) is 106 Å². The van der Waals surface area contributed by atoms with Gasteiger partial charge in [0.05, 0.1) is 25.1 Å². The number of ether oxygens (including phenoxy) is 2. The zero-order valence-electron chi connectivity index (χ0n) is 15.3. The third kappa shape index (κ3) is 5.22. The Bertz CT molecular complexity index is 1130. The number of amides is 1. The van der Waals surface area contributed by atoms with Gasteiger partial charge in [0.1, 0.15) is 5.75 Å². The number of methoxy groups -OCH3 is 1. The number of benzene rings is 2. The molecule has 2 N–H and O–H groups in total.